The number of nitrogen functional groups attached to an aromatic ring is 1. The topological polar surface area (TPSA) is 85.8 Å². The van der Waals surface area contributed by atoms with Gasteiger partial charge in [0.25, 0.3) is 0 Å². The van der Waals surface area contributed by atoms with Crippen LogP contribution in [-0.4, -0.2) is 26.5 Å². The molecule has 106 valence electrons. The fourth-order valence-corrected chi connectivity index (χ4v) is 2.27. The molecule has 1 amide bonds. The molecular formula is C11H11ClFN5OS. The number of nitrogens with two attached hydrogens (primary N) is 1. The summed E-state index contributed by atoms with van der Waals surface area (Å²) in [5.74, 6) is 5.53. The predicted octanol–water partition coefficient (Wildman–Crippen LogP) is 1.82. The zero-order valence-electron chi connectivity index (χ0n) is 10.4. The zero-order valence-corrected chi connectivity index (χ0v) is 12.0. The van der Waals surface area contributed by atoms with Gasteiger partial charge in [-0.2, -0.15) is 0 Å². The maximum Gasteiger partial charge on any atom is 0.234 e. The Morgan fingerprint density at radius 3 is 2.90 bits per heavy atom. The molecule has 1 aromatic carbocycles. The molecule has 9 heteroatoms. The van der Waals surface area contributed by atoms with Gasteiger partial charge < -0.3 is 11.2 Å². The highest BCUT2D eigenvalue weighted by molar-refractivity contribution is 7.99. The molecule has 0 aliphatic carbocycles. The minimum absolute atomic E-state index is 0.0863. The van der Waals surface area contributed by atoms with Crippen molar-refractivity contribution in [3.8, 4) is 0 Å². The van der Waals surface area contributed by atoms with E-state index in [0.717, 1.165) is 17.8 Å². The van der Waals surface area contributed by atoms with Crippen LogP contribution in [-0.2, 0) is 4.79 Å². The average molecular weight is 316 g/mol. The third-order valence-corrected chi connectivity index (χ3v) is 3.63. The first kappa shape index (κ1) is 14.6. The van der Waals surface area contributed by atoms with Crippen molar-refractivity contribution in [2.24, 2.45) is 0 Å². The van der Waals surface area contributed by atoms with Gasteiger partial charge >= 0.3 is 0 Å². The highest BCUT2D eigenvalue weighted by atomic mass is 35.5. The Bertz CT molecular complexity index is 648. The van der Waals surface area contributed by atoms with Crippen molar-refractivity contribution in [3.63, 3.8) is 0 Å². The van der Waals surface area contributed by atoms with E-state index in [1.165, 1.54) is 16.8 Å². The van der Waals surface area contributed by atoms with Gasteiger partial charge in [-0.1, -0.05) is 23.4 Å². The van der Waals surface area contributed by atoms with Crippen LogP contribution in [0.25, 0.3) is 0 Å². The van der Waals surface area contributed by atoms with Crippen LogP contribution in [0.5, 0.6) is 0 Å². The number of thioether (sulfide) groups is 1. The summed E-state index contributed by atoms with van der Waals surface area (Å²) in [4.78, 5) is 11.8. The van der Waals surface area contributed by atoms with Crippen LogP contribution in [0.3, 0.4) is 0 Å². The quantitative estimate of drug-likeness (QED) is 0.664. The van der Waals surface area contributed by atoms with Crippen molar-refractivity contribution in [2.75, 3.05) is 16.9 Å². The first-order valence-electron chi connectivity index (χ1n) is 5.52. The third-order valence-electron chi connectivity index (χ3n) is 2.37. The van der Waals surface area contributed by atoms with Crippen molar-refractivity contribution in [1.29, 1.82) is 0 Å². The molecule has 20 heavy (non-hydrogen) atoms. The molecular weight excluding hydrogens is 305 g/mol. The molecule has 1 heterocycles. The summed E-state index contributed by atoms with van der Waals surface area (Å²) in [7, 11) is 0. The van der Waals surface area contributed by atoms with Gasteiger partial charge in [-0.25, -0.2) is 9.07 Å². The predicted molar refractivity (Wildman–Crippen MR) is 75.7 cm³/mol. The minimum Gasteiger partial charge on any atom is -0.336 e. The number of nitrogens with one attached hydrogen (secondary N) is 1. The fourth-order valence-electron chi connectivity index (χ4n) is 1.36. The number of halogens is 2. The van der Waals surface area contributed by atoms with Crippen LogP contribution in [0.4, 0.5) is 10.1 Å². The number of carbonyl (C=O) groups excluding carboxylic acids is 1. The Labute approximate surface area is 123 Å². The number of aromatic nitrogens is 3. The number of amides is 1. The Hall–Kier alpha value is -1.80. The highest BCUT2D eigenvalue weighted by Crippen LogP contribution is 2.23. The molecule has 1 aromatic heterocycles. The molecule has 0 saturated heterocycles. The summed E-state index contributed by atoms with van der Waals surface area (Å²) in [6, 6.07) is 3.74. The van der Waals surface area contributed by atoms with E-state index < -0.39 is 5.82 Å². The Morgan fingerprint density at radius 1 is 1.55 bits per heavy atom. The summed E-state index contributed by atoms with van der Waals surface area (Å²) < 4.78 is 14.2. The molecule has 0 fully saturated rings. The monoisotopic (exact) mass is 315 g/mol. The van der Waals surface area contributed by atoms with Gasteiger partial charge in [0, 0.05) is 0 Å². The molecule has 0 bridgehead atoms. The van der Waals surface area contributed by atoms with Crippen molar-refractivity contribution >= 4 is 35.0 Å². The van der Waals surface area contributed by atoms with Crippen LogP contribution < -0.4 is 11.2 Å². The number of anilines is 1. The molecule has 0 aliphatic rings. The van der Waals surface area contributed by atoms with Gasteiger partial charge in [0.05, 0.1) is 16.5 Å². The summed E-state index contributed by atoms with van der Waals surface area (Å²) >= 11 is 6.95. The molecule has 3 N–H and O–H groups in total. The van der Waals surface area contributed by atoms with E-state index in [9.17, 15) is 9.18 Å². The van der Waals surface area contributed by atoms with E-state index in [1.54, 1.807) is 6.92 Å². The van der Waals surface area contributed by atoms with Crippen LogP contribution >= 0.6 is 23.4 Å². The Balaban J connectivity index is 1.94. The minimum atomic E-state index is -0.464. The number of nitrogens with zero attached hydrogens (tertiary/aromatic N) is 3. The van der Waals surface area contributed by atoms with E-state index in [0.29, 0.717) is 16.7 Å². The van der Waals surface area contributed by atoms with Crippen LogP contribution in [0.1, 0.15) is 5.82 Å². The Kier molecular flexibility index (Phi) is 4.46. The zero-order chi connectivity index (χ0) is 14.7. The van der Waals surface area contributed by atoms with Gasteiger partial charge in [-0.15, -0.1) is 10.2 Å². The maximum atomic E-state index is 12.9. The molecule has 0 unspecified atom stereocenters. The number of rotatable bonds is 4. The molecule has 6 nitrogen and oxygen atoms in total. The van der Waals surface area contributed by atoms with E-state index >= 15 is 0 Å². The fraction of sp³-hybridized carbons (Fsp3) is 0.182. The SMILES string of the molecule is Cc1nnc(SCC(=O)Nc2ccc(F)cc2Cl)n1N. The van der Waals surface area contributed by atoms with E-state index in [4.69, 9.17) is 17.4 Å². The molecule has 2 rings (SSSR count). The van der Waals surface area contributed by atoms with Gasteiger partial charge in [0.2, 0.25) is 11.1 Å². The first-order valence-corrected chi connectivity index (χ1v) is 6.88. The van der Waals surface area contributed by atoms with Gasteiger partial charge in [0.15, 0.2) is 0 Å². The van der Waals surface area contributed by atoms with Crippen molar-refractivity contribution < 1.29 is 9.18 Å². The summed E-state index contributed by atoms with van der Waals surface area (Å²) in [5.41, 5.74) is 0.351. The average Bonchev–Trinajstić information content (AvgIpc) is 2.71. The number of benzene rings is 1. The lowest BCUT2D eigenvalue weighted by atomic mass is 10.3. The lowest BCUT2D eigenvalue weighted by Gasteiger charge is -2.06. The third kappa shape index (κ3) is 3.40. The van der Waals surface area contributed by atoms with Crippen LogP contribution in [0.2, 0.25) is 5.02 Å². The van der Waals surface area contributed by atoms with Gasteiger partial charge in [0.1, 0.15) is 11.6 Å². The van der Waals surface area contributed by atoms with Crippen molar-refractivity contribution in [3.05, 3.63) is 34.9 Å². The number of hydrogen-bond acceptors (Lipinski definition) is 5. The molecule has 0 spiro atoms. The highest BCUT2D eigenvalue weighted by Gasteiger charge is 2.11. The lowest BCUT2D eigenvalue weighted by Crippen LogP contribution is -2.16. The van der Waals surface area contributed by atoms with Crippen LogP contribution in [0.15, 0.2) is 23.4 Å². The second-order valence-electron chi connectivity index (χ2n) is 3.86. The molecule has 2 aromatic rings. The normalized spacial score (nSPS) is 10.6. The standard InChI is InChI=1S/C11H11ClFN5OS/c1-6-16-17-11(18(6)14)20-5-10(19)15-9-3-2-7(13)4-8(9)12/h2-4H,5,14H2,1H3,(H,15,19). The number of hydrogen-bond donors (Lipinski definition) is 2. The largest absolute Gasteiger partial charge is 0.336 e. The second-order valence-corrected chi connectivity index (χ2v) is 5.21. The van der Waals surface area contributed by atoms with Crippen LogP contribution in [0, 0.1) is 12.7 Å². The van der Waals surface area contributed by atoms with E-state index in [2.05, 4.69) is 15.5 Å². The first-order chi connectivity index (χ1) is 9.47. The second kappa shape index (κ2) is 6.10. The van der Waals surface area contributed by atoms with Gasteiger partial charge in [-0.05, 0) is 25.1 Å². The summed E-state index contributed by atoms with van der Waals surface area (Å²) in [6.45, 7) is 1.70. The molecule has 0 saturated carbocycles. The Morgan fingerprint density at radius 2 is 2.30 bits per heavy atom. The summed E-state index contributed by atoms with van der Waals surface area (Å²) in [5, 5.41) is 10.7. The van der Waals surface area contributed by atoms with E-state index in [-0.39, 0.29) is 16.7 Å². The lowest BCUT2D eigenvalue weighted by molar-refractivity contribution is -0.113. The number of aryl methyl sites for hydroxylation is 1. The summed E-state index contributed by atoms with van der Waals surface area (Å²) in [6.07, 6.45) is 0. The maximum absolute atomic E-state index is 12.9. The molecule has 0 atom stereocenters. The van der Waals surface area contributed by atoms with Gasteiger partial charge in [-0.3, -0.25) is 4.79 Å². The number of carbonyl (C=O) groups is 1. The van der Waals surface area contributed by atoms with E-state index in [1.807, 2.05) is 0 Å². The van der Waals surface area contributed by atoms with Crippen molar-refractivity contribution in [1.82, 2.24) is 14.9 Å². The molecule has 0 radical (unpaired) electrons. The smallest absolute Gasteiger partial charge is 0.234 e. The molecule has 0 aliphatic heterocycles. The van der Waals surface area contributed by atoms with Crippen molar-refractivity contribution in [2.45, 2.75) is 12.1 Å².